The van der Waals surface area contributed by atoms with E-state index >= 15 is 0 Å². The molecule has 0 amide bonds. The monoisotopic (exact) mass is 316 g/mol. The van der Waals surface area contributed by atoms with E-state index in [-0.39, 0.29) is 12.6 Å². The average molecular weight is 316 g/mol. The van der Waals surface area contributed by atoms with Crippen LogP contribution in [-0.2, 0) is 13.1 Å². The molecule has 0 bridgehead atoms. The zero-order chi connectivity index (χ0) is 17.0. The highest BCUT2D eigenvalue weighted by Crippen LogP contribution is 2.24. The van der Waals surface area contributed by atoms with Crippen molar-refractivity contribution in [3.05, 3.63) is 46.5 Å². The van der Waals surface area contributed by atoms with Gasteiger partial charge in [0.15, 0.2) is 0 Å². The van der Waals surface area contributed by atoms with Crippen LogP contribution in [0.5, 0.6) is 0 Å². The van der Waals surface area contributed by atoms with Crippen molar-refractivity contribution in [2.75, 3.05) is 6.61 Å². The van der Waals surface area contributed by atoms with Gasteiger partial charge in [0.25, 0.3) is 0 Å². The summed E-state index contributed by atoms with van der Waals surface area (Å²) in [5.41, 5.74) is 5.66. The third kappa shape index (κ3) is 3.98. The fourth-order valence-corrected chi connectivity index (χ4v) is 2.99. The van der Waals surface area contributed by atoms with Crippen molar-refractivity contribution in [2.45, 2.75) is 53.8 Å². The van der Waals surface area contributed by atoms with Gasteiger partial charge < -0.3 is 10.4 Å². The molecule has 0 aliphatic heterocycles. The summed E-state index contributed by atoms with van der Waals surface area (Å²) in [7, 11) is 0. The topological polar surface area (TPSA) is 63.0 Å². The van der Waals surface area contributed by atoms with Crippen LogP contribution in [0.2, 0.25) is 0 Å². The third-order valence-electron chi connectivity index (χ3n) is 4.35. The van der Waals surface area contributed by atoms with E-state index in [1.165, 1.54) is 11.1 Å². The maximum absolute atomic E-state index is 9.13. The highest BCUT2D eigenvalue weighted by molar-refractivity contribution is 5.26. The zero-order valence-corrected chi connectivity index (χ0v) is 14.8. The second-order valence-electron chi connectivity index (χ2n) is 6.40. The summed E-state index contributed by atoms with van der Waals surface area (Å²) in [5, 5.41) is 17.3. The molecule has 1 unspecified atom stereocenters. The molecule has 1 atom stereocenters. The lowest BCUT2D eigenvalue weighted by Crippen LogP contribution is -2.27. The molecule has 0 saturated heterocycles. The van der Waals surface area contributed by atoms with E-state index in [0.29, 0.717) is 12.5 Å². The van der Waals surface area contributed by atoms with Crippen LogP contribution in [0.25, 0.3) is 0 Å². The Bertz CT molecular complexity index is 648. The van der Waals surface area contributed by atoms with Crippen LogP contribution >= 0.6 is 0 Å². The molecule has 0 aliphatic rings. The minimum atomic E-state index is 0.108. The number of aryl methyl sites for hydroxylation is 2. The molecular formula is C18H28N4O. The van der Waals surface area contributed by atoms with Crippen LogP contribution in [-0.4, -0.2) is 26.5 Å². The Morgan fingerprint density at radius 1 is 1.26 bits per heavy atom. The largest absolute Gasteiger partial charge is 0.394 e. The first-order chi connectivity index (χ1) is 11.0. The summed E-state index contributed by atoms with van der Waals surface area (Å²) in [5.74, 6) is 0.441. The Morgan fingerprint density at radius 2 is 2.00 bits per heavy atom. The van der Waals surface area contributed by atoms with Gasteiger partial charge in [-0.25, -0.2) is 0 Å². The number of hydrogen-bond acceptors (Lipinski definition) is 4. The molecule has 0 saturated carbocycles. The third-order valence-corrected chi connectivity index (χ3v) is 4.35. The lowest BCUT2D eigenvalue weighted by molar-refractivity contribution is 0.267. The van der Waals surface area contributed by atoms with Gasteiger partial charge in [-0.3, -0.25) is 9.67 Å². The molecule has 0 aliphatic carbocycles. The molecular weight excluding hydrogens is 288 g/mol. The van der Waals surface area contributed by atoms with Crippen molar-refractivity contribution in [3.8, 4) is 0 Å². The highest BCUT2D eigenvalue weighted by atomic mass is 16.3. The second kappa shape index (κ2) is 7.70. The average Bonchev–Trinajstić information content (AvgIpc) is 2.76. The van der Waals surface area contributed by atoms with Crippen molar-refractivity contribution in [3.63, 3.8) is 0 Å². The van der Waals surface area contributed by atoms with Crippen molar-refractivity contribution in [1.82, 2.24) is 20.1 Å². The van der Waals surface area contributed by atoms with Crippen LogP contribution in [0.1, 0.15) is 48.1 Å². The van der Waals surface area contributed by atoms with E-state index in [1.54, 1.807) is 0 Å². The first-order valence-corrected chi connectivity index (χ1v) is 8.24. The minimum absolute atomic E-state index is 0.108. The minimum Gasteiger partial charge on any atom is -0.394 e. The lowest BCUT2D eigenvalue weighted by atomic mass is 9.97. The zero-order valence-electron chi connectivity index (χ0n) is 14.8. The highest BCUT2D eigenvalue weighted by Gasteiger charge is 2.20. The Kier molecular flexibility index (Phi) is 5.91. The summed E-state index contributed by atoms with van der Waals surface area (Å²) in [6.07, 6.45) is 1.86. The van der Waals surface area contributed by atoms with Gasteiger partial charge in [-0.05, 0) is 38.3 Å². The Balaban J connectivity index is 2.19. The second-order valence-corrected chi connectivity index (χ2v) is 6.40. The number of nitrogens with zero attached hydrogens (tertiary/aromatic N) is 3. The summed E-state index contributed by atoms with van der Waals surface area (Å²) >= 11 is 0. The summed E-state index contributed by atoms with van der Waals surface area (Å²) in [4.78, 5) is 4.58. The number of aromatic nitrogens is 3. The van der Waals surface area contributed by atoms with Crippen molar-refractivity contribution < 1.29 is 5.11 Å². The molecule has 5 nitrogen and oxygen atoms in total. The van der Waals surface area contributed by atoms with Gasteiger partial charge in [-0.1, -0.05) is 19.9 Å². The van der Waals surface area contributed by atoms with Crippen molar-refractivity contribution >= 4 is 0 Å². The standard InChI is InChI=1S/C18H28N4O/c1-12(2)17(18-13(3)7-6-8-19-18)20-11-16-14(4)21-22(9-10-23)15(16)5/h6-8,12,17,20,23H,9-11H2,1-5H3. The van der Waals surface area contributed by atoms with Crippen molar-refractivity contribution in [2.24, 2.45) is 5.92 Å². The summed E-state index contributed by atoms with van der Waals surface area (Å²) in [6.45, 7) is 12.0. The van der Waals surface area contributed by atoms with Gasteiger partial charge in [0.1, 0.15) is 0 Å². The molecule has 5 heteroatoms. The quantitative estimate of drug-likeness (QED) is 0.824. The van der Waals surface area contributed by atoms with Crippen molar-refractivity contribution in [1.29, 1.82) is 0 Å². The van der Waals surface area contributed by atoms with Crippen LogP contribution in [0.4, 0.5) is 0 Å². The lowest BCUT2D eigenvalue weighted by Gasteiger charge is -2.23. The molecule has 0 radical (unpaired) electrons. The first-order valence-electron chi connectivity index (χ1n) is 8.24. The SMILES string of the molecule is Cc1cccnc1C(NCc1c(C)nn(CCO)c1C)C(C)C. The van der Waals surface area contributed by atoms with Gasteiger partial charge in [0, 0.05) is 24.0 Å². The van der Waals surface area contributed by atoms with E-state index < -0.39 is 0 Å². The molecule has 23 heavy (non-hydrogen) atoms. The molecule has 2 aromatic rings. The molecule has 0 aromatic carbocycles. The Morgan fingerprint density at radius 3 is 2.61 bits per heavy atom. The summed E-state index contributed by atoms with van der Waals surface area (Å²) in [6, 6.07) is 4.29. The number of rotatable bonds is 7. The van der Waals surface area contributed by atoms with Crippen LogP contribution < -0.4 is 5.32 Å². The number of aliphatic hydroxyl groups is 1. The molecule has 2 rings (SSSR count). The molecule has 0 fully saturated rings. The molecule has 126 valence electrons. The van der Waals surface area contributed by atoms with Gasteiger partial charge >= 0.3 is 0 Å². The Labute approximate surface area is 138 Å². The van der Waals surface area contributed by atoms with Crippen LogP contribution in [0.3, 0.4) is 0 Å². The maximum atomic E-state index is 9.13. The van der Waals surface area contributed by atoms with Crippen LogP contribution in [0, 0.1) is 26.7 Å². The molecule has 2 heterocycles. The van der Waals surface area contributed by atoms with Gasteiger partial charge in [-0.2, -0.15) is 5.10 Å². The van der Waals surface area contributed by atoms with Gasteiger partial charge in [-0.15, -0.1) is 0 Å². The predicted octanol–water partition coefficient (Wildman–Crippen LogP) is 2.68. The normalized spacial score (nSPS) is 12.8. The van der Waals surface area contributed by atoms with E-state index in [4.69, 9.17) is 5.11 Å². The fraction of sp³-hybridized carbons (Fsp3) is 0.556. The number of aliphatic hydroxyl groups excluding tert-OH is 1. The number of nitrogens with one attached hydrogen (secondary N) is 1. The van der Waals surface area contributed by atoms with Gasteiger partial charge in [0.2, 0.25) is 0 Å². The predicted molar refractivity (Wildman–Crippen MR) is 92.2 cm³/mol. The maximum Gasteiger partial charge on any atom is 0.0644 e. The van der Waals surface area contributed by atoms with Crippen LogP contribution in [0.15, 0.2) is 18.3 Å². The molecule has 0 spiro atoms. The summed E-state index contributed by atoms with van der Waals surface area (Å²) < 4.78 is 1.88. The number of pyridine rings is 1. The molecule has 2 N–H and O–H groups in total. The number of hydrogen-bond donors (Lipinski definition) is 2. The van der Waals surface area contributed by atoms with E-state index in [9.17, 15) is 0 Å². The first kappa shape index (κ1) is 17.6. The molecule has 2 aromatic heterocycles. The Hall–Kier alpha value is -1.72. The van der Waals surface area contributed by atoms with E-state index in [0.717, 1.165) is 23.6 Å². The van der Waals surface area contributed by atoms with E-state index in [1.807, 2.05) is 23.9 Å². The van der Waals surface area contributed by atoms with E-state index in [2.05, 4.69) is 49.2 Å². The van der Waals surface area contributed by atoms with Gasteiger partial charge in [0.05, 0.1) is 30.6 Å². The smallest absolute Gasteiger partial charge is 0.0644 e. The fourth-order valence-electron chi connectivity index (χ4n) is 2.99.